The lowest BCUT2D eigenvalue weighted by Gasteiger charge is -2.36. The lowest BCUT2D eigenvalue weighted by Crippen LogP contribution is -2.48. The van der Waals surface area contributed by atoms with Gasteiger partial charge in [-0.1, -0.05) is 36.5 Å². The van der Waals surface area contributed by atoms with Crippen molar-refractivity contribution in [1.29, 1.82) is 0 Å². The third-order valence-electron chi connectivity index (χ3n) is 3.78. The van der Waals surface area contributed by atoms with Crippen LogP contribution in [0.25, 0.3) is 0 Å². The van der Waals surface area contributed by atoms with Crippen molar-refractivity contribution >= 4 is 17.2 Å². The van der Waals surface area contributed by atoms with Crippen LogP contribution in [0.3, 0.4) is 0 Å². The van der Waals surface area contributed by atoms with E-state index >= 15 is 0 Å². The van der Waals surface area contributed by atoms with Crippen LogP contribution in [-0.4, -0.2) is 47.0 Å². The molecule has 1 fully saturated rings. The van der Waals surface area contributed by atoms with Crippen LogP contribution in [0.4, 0.5) is 0 Å². The number of rotatable bonds is 4. The van der Waals surface area contributed by atoms with E-state index < -0.39 is 0 Å². The van der Waals surface area contributed by atoms with Gasteiger partial charge in [0.25, 0.3) is 0 Å². The molecule has 2 N–H and O–H groups in total. The van der Waals surface area contributed by atoms with Gasteiger partial charge in [-0.3, -0.25) is 9.80 Å². The molecule has 0 radical (unpaired) electrons. The molecule has 3 nitrogen and oxygen atoms in total. The van der Waals surface area contributed by atoms with Gasteiger partial charge in [0.1, 0.15) is 4.99 Å². The number of nitrogens with zero attached hydrogens (tertiary/aromatic N) is 2. The Balaban J connectivity index is 1.87. The summed E-state index contributed by atoms with van der Waals surface area (Å²) in [5, 5.41) is 0. The molecule has 1 aliphatic rings. The topological polar surface area (TPSA) is 32.5 Å². The standard InChI is InChI=1S/C15H23N3S/c1-12(2)18-9-7-17(8-10-18)11-13-3-5-14(6-4-13)15(16)19/h3-6,12H,7-11H2,1-2H3,(H2,16,19). The van der Waals surface area contributed by atoms with Gasteiger partial charge >= 0.3 is 0 Å². The highest BCUT2D eigenvalue weighted by Crippen LogP contribution is 2.11. The summed E-state index contributed by atoms with van der Waals surface area (Å²) in [5.74, 6) is 0. The molecule has 19 heavy (non-hydrogen) atoms. The van der Waals surface area contributed by atoms with E-state index in [1.165, 1.54) is 18.7 Å². The molecule has 2 rings (SSSR count). The molecule has 1 aromatic rings. The number of piperazine rings is 1. The predicted molar refractivity (Wildman–Crippen MR) is 84.3 cm³/mol. The normalized spacial score (nSPS) is 17.8. The van der Waals surface area contributed by atoms with Crippen molar-refractivity contribution in [2.45, 2.75) is 26.4 Å². The highest BCUT2D eigenvalue weighted by molar-refractivity contribution is 7.80. The Kier molecular flexibility index (Phi) is 4.91. The van der Waals surface area contributed by atoms with Crippen molar-refractivity contribution in [3.8, 4) is 0 Å². The van der Waals surface area contributed by atoms with Crippen LogP contribution in [0, 0.1) is 0 Å². The SMILES string of the molecule is CC(C)N1CCN(Cc2ccc(C(N)=S)cc2)CC1. The lowest BCUT2D eigenvalue weighted by atomic mass is 10.1. The van der Waals surface area contributed by atoms with Crippen molar-refractivity contribution in [3.63, 3.8) is 0 Å². The molecule has 0 aromatic heterocycles. The zero-order valence-electron chi connectivity index (χ0n) is 11.8. The number of benzene rings is 1. The smallest absolute Gasteiger partial charge is 0.103 e. The third-order valence-corrected chi connectivity index (χ3v) is 4.02. The van der Waals surface area contributed by atoms with Crippen molar-refractivity contribution in [3.05, 3.63) is 35.4 Å². The van der Waals surface area contributed by atoms with Crippen LogP contribution < -0.4 is 5.73 Å². The van der Waals surface area contributed by atoms with Gasteiger partial charge in [0, 0.05) is 44.3 Å². The van der Waals surface area contributed by atoms with Crippen LogP contribution in [0.15, 0.2) is 24.3 Å². The summed E-state index contributed by atoms with van der Waals surface area (Å²) in [6, 6.07) is 8.95. The van der Waals surface area contributed by atoms with E-state index in [9.17, 15) is 0 Å². The maximum atomic E-state index is 5.61. The Morgan fingerprint density at radius 1 is 1.16 bits per heavy atom. The van der Waals surface area contributed by atoms with Gasteiger partial charge in [0.15, 0.2) is 0 Å². The fourth-order valence-corrected chi connectivity index (χ4v) is 2.61. The fraction of sp³-hybridized carbons (Fsp3) is 0.533. The minimum absolute atomic E-state index is 0.470. The number of thiocarbonyl (C=S) groups is 1. The second-order valence-electron chi connectivity index (χ2n) is 5.47. The van der Waals surface area contributed by atoms with E-state index in [2.05, 4.69) is 35.8 Å². The maximum absolute atomic E-state index is 5.61. The highest BCUT2D eigenvalue weighted by atomic mass is 32.1. The quantitative estimate of drug-likeness (QED) is 0.851. The van der Waals surface area contributed by atoms with Gasteiger partial charge in [-0.25, -0.2) is 0 Å². The molecule has 0 bridgehead atoms. The molecule has 0 amide bonds. The average Bonchev–Trinajstić information content (AvgIpc) is 2.40. The van der Waals surface area contributed by atoms with E-state index in [0.717, 1.165) is 25.2 Å². The summed E-state index contributed by atoms with van der Waals surface area (Å²) in [7, 11) is 0. The van der Waals surface area contributed by atoms with Crippen LogP contribution in [0.1, 0.15) is 25.0 Å². The molecule has 0 saturated carbocycles. The van der Waals surface area contributed by atoms with Crippen molar-refractivity contribution in [2.75, 3.05) is 26.2 Å². The second kappa shape index (κ2) is 6.46. The zero-order chi connectivity index (χ0) is 13.8. The number of nitrogens with two attached hydrogens (primary N) is 1. The van der Waals surface area contributed by atoms with Gasteiger partial charge in [-0.2, -0.15) is 0 Å². The van der Waals surface area contributed by atoms with E-state index in [1.54, 1.807) is 0 Å². The Morgan fingerprint density at radius 3 is 2.21 bits per heavy atom. The van der Waals surface area contributed by atoms with Gasteiger partial charge in [0.05, 0.1) is 0 Å². The Hall–Kier alpha value is -0.970. The van der Waals surface area contributed by atoms with Gasteiger partial charge in [-0.05, 0) is 19.4 Å². The number of hydrogen-bond donors (Lipinski definition) is 1. The molecule has 1 aliphatic heterocycles. The first kappa shape index (κ1) is 14.4. The minimum Gasteiger partial charge on any atom is -0.389 e. The Labute approximate surface area is 121 Å². The molecule has 0 aliphatic carbocycles. The van der Waals surface area contributed by atoms with Gasteiger partial charge in [0.2, 0.25) is 0 Å². The van der Waals surface area contributed by atoms with E-state index in [-0.39, 0.29) is 0 Å². The summed E-state index contributed by atoms with van der Waals surface area (Å²) in [4.78, 5) is 5.51. The fourth-order valence-electron chi connectivity index (χ4n) is 2.47. The molecular weight excluding hydrogens is 254 g/mol. The van der Waals surface area contributed by atoms with Crippen LogP contribution in [0.5, 0.6) is 0 Å². The molecule has 1 saturated heterocycles. The predicted octanol–water partition coefficient (Wildman–Crippen LogP) is 1.85. The minimum atomic E-state index is 0.470. The van der Waals surface area contributed by atoms with Crippen molar-refractivity contribution < 1.29 is 0 Å². The Bertz CT molecular complexity index is 420. The first-order valence-corrected chi connectivity index (χ1v) is 7.32. The summed E-state index contributed by atoms with van der Waals surface area (Å²) >= 11 is 4.97. The third kappa shape index (κ3) is 4.00. The van der Waals surface area contributed by atoms with Crippen LogP contribution in [0.2, 0.25) is 0 Å². The molecule has 0 unspecified atom stereocenters. The first-order valence-electron chi connectivity index (χ1n) is 6.91. The average molecular weight is 277 g/mol. The number of hydrogen-bond acceptors (Lipinski definition) is 3. The zero-order valence-corrected chi connectivity index (χ0v) is 12.6. The molecule has 104 valence electrons. The monoisotopic (exact) mass is 277 g/mol. The van der Waals surface area contributed by atoms with Crippen molar-refractivity contribution in [1.82, 2.24) is 9.80 Å². The van der Waals surface area contributed by atoms with E-state index in [0.29, 0.717) is 11.0 Å². The molecule has 4 heteroatoms. The van der Waals surface area contributed by atoms with E-state index in [1.807, 2.05) is 12.1 Å². The van der Waals surface area contributed by atoms with Crippen LogP contribution >= 0.6 is 12.2 Å². The van der Waals surface area contributed by atoms with Crippen LogP contribution in [-0.2, 0) is 6.54 Å². The summed E-state index contributed by atoms with van der Waals surface area (Å²) in [6.45, 7) is 10.2. The molecule has 0 atom stereocenters. The first-order chi connectivity index (χ1) is 9.06. The van der Waals surface area contributed by atoms with Gasteiger partial charge in [-0.15, -0.1) is 0 Å². The summed E-state index contributed by atoms with van der Waals surface area (Å²) < 4.78 is 0. The summed E-state index contributed by atoms with van der Waals surface area (Å²) in [6.07, 6.45) is 0. The highest BCUT2D eigenvalue weighted by Gasteiger charge is 2.18. The lowest BCUT2D eigenvalue weighted by molar-refractivity contribution is 0.104. The summed E-state index contributed by atoms with van der Waals surface area (Å²) in [5.41, 5.74) is 7.89. The van der Waals surface area contributed by atoms with E-state index in [4.69, 9.17) is 18.0 Å². The molecule has 1 aromatic carbocycles. The van der Waals surface area contributed by atoms with Gasteiger partial charge < -0.3 is 5.73 Å². The largest absolute Gasteiger partial charge is 0.389 e. The molecule has 0 spiro atoms. The molecular formula is C15H23N3S. The maximum Gasteiger partial charge on any atom is 0.103 e. The Morgan fingerprint density at radius 2 is 1.74 bits per heavy atom. The second-order valence-corrected chi connectivity index (χ2v) is 5.91. The van der Waals surface area contributed by atoms with Crippen molar-refractivity contribution in [2.24, 2.45) is 5.73 Å². The molecule has 1 heterocycles.